The number of unbranched alkanes of at least 4 members (excludes halogenated alkanes) is 38. The van der Waals surface area contributed by atoms with Crippen LogP contribution >= 0.6 is 7.82 Å². The molecule has 1 N–H and O–H groups in total. The Kier molecular flexibility index (Phi) is 55.7. The van der Waals surface area contributed by atoms with E-state index < -0.39 is 20.0 Å². The lowest BCUT2D eigenvalue weighted by atomic mass is 10.0. The number of rotatable bonds is 60. The van der Waals surface area contributed by atoms with Gasteiger partial charge in [-0.2, -0.15) is 0 Å². The van der Waals surface area contributed by atoms with Gasteiger partial charge in [-0.15, -0.1) is 0 Å². The molecule has 0 spiro atoms. The fourth-order valence-corrected chi connectivity index (χ4v) is 10.3. The van der Waals surface area contributed by atoms with Crippen molar-refractivity contribution in [3.8, 4) is 0 Å². The van der Waals surface area contributed by atoms with Gasteiger partial charge in [-0.1, -0.05) is 262 Å². The molecule has 0 aromatic heterocycles. The predicted molar refractivity (Wildman–Crippen MR) is 330 cm³/mol. The molecule has 0 aromatic rings. The van der Waals surface area contributed by atoms with Crippen molar-refractivity contribution < 1.29 is 37.3 Å². The van der Waals surface area contributed by atoms with Gasteiger partial charge in [0.05, 0.1) is 33.8 Å². The minimum atomic E-state index is -4.70. The zero-order valence-corrected chi connectivity index (χ0v) is 52.6. The standard InChI is InChI=1S/C67H127N2O7P/c1-7-10-13-16-19-22-25-28-30-32-33-34-35-37-38-41-44-47-50-53-56-59-66(70)68-64(63-75-77(72,73)74-62-61-69(4,5)6)65(58-55-52-49-46-43-40-27-24-21-18-15-12-9-3)76-67(71)60-57-54-51-48-45-42-39-36-31-29-26-23-20-17-14-11-8-2/h19,22,28-31,55,58,64-65H,7-18,20-21,23-27,32-54,56-57,59-63H2,1-6H3,(H-,68,70,72,73)/b22-19-,30-28-,31-29+,58-55-. The lowest BCUT2D eigenvalue weighted by molar-refractivity contribution is -0.870. The summed E-state index contributed by atoms with van der Waals surface area (Å²) in [4.78, 5) is 40.1. The molecule has 452 valence electrons. The Bertz CT molecular complexity index is 1460. The van der Waals surface area contributed by atoms with E-state index in [0.29, 0.717) is 17.4 Å². The molecule has 3 atom stereocenters. The molecule has 3 unspecified atom stereocenters. The first-order valence-electron chi connectivity index (χ1n) is 32.9. The molecule has 10 heteroatoms. The van der Waals surface area contributed by atoms with Gasteiger partial charge in [-0.05, 0) is 89.5 Å². The van der Waals surface area contributed by atoms with Crippen LogP contribution in [0.3, 0.4) is 0 Å². The number of hydrogen-bond acceptors (Lipinski definition) is 7. The minimum Gasteiger partial charge on any atom is -0.756 e. The molecule has 0 aromatic carbocycles. The second kappa shape index (κ2) is 57.2. The maximum Gasteiger partial charge on any atom is 0.306 e. The second-order valence-corrected chi connectivity index (χ2v) is 25.0. The van der Waals surface area contributed by atoms with Crippen molar-refractivity contribution in [2.24, 2.45) is 0 Å². The Labute approximate surface area is 478 Å². The lowest BCUT2D eigenvalue weighted by Crippen LogP contribution is -2.47. The van der Waals surface area contributed by atoms with Gasteiger partial charge in [0.2, 0.25) is 5.91 Å². The number of phosphoric acid groups is 1. The van der Waals surface area contributed by atoms with E-state index in [-0.39, 0.29) is 31.5 Å². The molecule has 0 fully saturated rings. The third-order valence-corrected chi connectivity index (χ3v) is 15.7. The number of quaternary nitrogens is 1. The van der Waals surface area contributed by atoms with Crippen LogP contribution < -0.4 is 10.2 Å². The van der Waals surface area contributed by atoms with Crippen molar-refractivity contribution in [3.63, 3.8) is 0 Å². The third kappa shape index (κ3) is 58.4. The van der Waals surface area contributed by atoms with E-state index in [2.05, 4.69) is 62.5 Å². The van der Waals surface area contributed by atoms with Gasteiger partial charge < -0.3 is 28.5 Å². The lowest BCUT2D eigenvalue weighted by Gasteiger charge is -2.30. The predicted octanol–water partition coefficient (Wildman–Crippen LogP) is 19.8. The highest BCUT2D eigenvalue weighted by molar-refractivity contribution is 7.45. The minimum absolute atomic E-state index is 0.0226. The van der Waals surface area contributed by atoms with E-state index >= 15 is 0 Å². The molecule has 0 aliphatic carbocycles. The monoisotopic (exact) mass is 1100 g/mol. The number of amides is 1. The van der Waals surface area contributed by atoms with Crippen molar-refractivity contribution in [2.75, 3.05) is 40.9 Å². The maximum atomic E-state index is 13.6. The topological polar surface area (TPSA) is 114 Å². The van der Waals surface area contributed by atoms with Crippen molar-refractivity contribution in [3.05, 3.63) is 48.6 Å². The van der Waals surface area contributed by atoms with Crippen molar-refractivity contribution >= 4 is 19.7 Å². The van der Waals surface area contributed by atoms with E-state index in [1.54, 1.807) is 0 Å². The Hall–Kier alpha value is -2.03. The summed E-state index contributed by atoms with van der Waals surface area (Å²) in [5.74, 6) is -0.537. The Morgan fingerprint density at radius 3 is 1.21 bits per heavy atom. The van der Waals surface area contributed by atoms with Crippen LogP contribution in [-0.4, -0.2) is 69.4 Å². The van der Waals surface area contributed by atoms with Gasteiger partial charge in [-0.3, -0.25) is 14.2 Å². The Morgan fingerprint density at radius 1 is 0.455 bits per heavy atom. The van der Waals surface area contributed by atoms with Crippen molar-refractivity contribution in [2.45, 2.75) is 328 Å². The van der Waals surface area contributed by atoms with Crippen LogP contribution in [0.2, 0.25) is 0 Å². The highest BCUT2D eigenvalue weighted by Crippen LogP contribution is 2.38. The summed E-state index contributed by atoms with van der Waals surface area (Å²) in [6, 6.07) is -0.890. The molecule has 0 rings (SSSR count). The molecule has 0 saturated heterocycles. The van der Waals surface area contributed by atoms with Gasteiger partial charge in [0.15, 0.2) is 0 Å². The molecule has 0 saturated carbocycles. The SMILES string of the molecule is CCCCC/C=C\C/C=C\CCCCCCCCCCCCCC(=O)NC(COP(=O)([O-])OCC[N+](C)(C)C)C(/C=C\CCCCCCCCCCCCC)OC(=O)CCCCCCCCC/C=C/CCCCCCCC. The summed E-state index contributed by atoms with van der Waals surface area (Å²) >= 11 is 0. The summed E-state index contributed by atoms with van der Waals surface area (Å²) in [5.41, 5.74) is 0. The third-order valence-electron chi connectivity index (χ3n) is 14.7. The molecular weight excluding hydrogens is 976 g/mol. The number of ether oxygens (including phenoxy) is 1. The fourth-order valence-electron chi connectivity index (χ4n) is 9.61. The smallest absolute Gasteiger partial charge is 0.306 e. The molecule has 0 heterocycles. The summed E-state index contributed by atoms with van der Waals surface area (Å²) in [7, 11) is 1.19. The molecule has 0 aliphatic heterocycles. The molecule has 9 nitrogen and oxygen atoms in total. The van der Waals surface area contributed by atoms with Gasteiger partial charge in [0.25, 0.3) is 7.82 Å². The van der Waals surface area contributed by atoms with Crippen LogP contribution in [0.25, 0.3) is 0 Å². The van der Waals surface area contributed by atoms with Crippen LogP contribution in [0, 0.1) is 0 Å². The first-order chi connectivity index (χ1) is 37.4. The normalized spacial score (nSPS) is 13.9. The average Bonchev–Trinajstić information content (AvgIpc) is 3.39. The number of esters is 1. The Balaban J connectivity index is 5.21. The zero-order valence-electron chi connectivity index (χ0n) is 51.7. The Morgan fingerprint density at radius 2 is 0.792 bits per heavy atom. The van der Waals surface area contributed by atoms with Gasteiger partial charge in [0.1, 0.15) is 19.3 Å². The van der Waals surface area contributed by atoms with Crippen molar-refractivity contribution in [1.29, 1.82) is 0 Å². The van der Waals surface area contributed by atoms with Crippen LogP contribution in [0.15, 0.2) is 48.6 Å². The van der Waals surface area contributed by atoms with Crippen LogP contribution in [-0.2, 0) is 27.9 Å². The molecular formula is C67H127N2O7P. The van der Waals surface area contributed by atoms with Gasteiger partial charge >= 0.3 is 5.97 Å². The highest BCUT2D eigenvalue weighted by Gasteiger charge is 2.27. The van der Waals surface area contributed by atoms with Gasteiger partial charge in [0, 0.05) is 12.8 Å². The summed E-state index contributed by atoms with van der Waals surface area (Å²) in [6.07, 6.45) is 70.7. The maximum absolute atomic E-state index is 13.6. The van der Waals surface area contributed by atoms with E-state index in [1.807, 2.05) is 33.3 Å². The largest absolute Gasteiger partial charge is 0.756 e. The second-order valence-electron chi connectivity index (χ2n) is 23.6. The van der Waals surface area contributed by atoms with Crippen LogP contribution in [0.1, 0.15) is 316 Å². The number of likely N-dealkylation sites (N-methyl/N-ethyl adjacent to an activating group) is 1. The fraction of sp³-hybridized carbons (Fsp3) is 0.851. The summed E-state index contributed by atoms with van der Waals surface area (Å²) < 4.78 is 30.4. The number of carbonyl (C=O) groups is 2. The van der Waals surface area contributed by atoms with Crippen LogP contribution in [0.4, 0.5) is 0 Å². The number of carbonyl (C=O) groups excluding carboxylic acids is 2. The first-order valence-corrected chi connectivity index (χ1v) is 34.4. The highest BCUT2D eigenvalue weighted by atomic mass is 31.2. The summed E-state index contributed by atoms with van der Waals surface area (Å²) in [6.45, 7) is 6.85. The first kappa shape index (κ1) is 75.0. The van der Waals surface area contributed by atoms with Crippen molar-refractivity contribution in [1.82, 2.24) is 5.32 Å². The number of hydrogen-bond donors (Lipinski definition) is 1. The average molecular weight is 1100 g/mol. The molecule has 0 bridgehead atoms. The van der Waals surface area contributed by atoms with E-state index in [4.69, 9.17) is 13.8 Å². The number of nitrogens with one attached hydrogen (secondary N) is 1. The van der Waals surface area contributed by atoms with E-state index in [0.717, 1.165) is 77.0 Å². The number of allylic oxidation sites excluding steroid dienone is 7. The molecule has 77 heavy (non-hydrogen) atoms. The molecule has 0 radical (unpaired) electrons. The van der Waals surface area contributed by atoms with Gasteiger partial charge in [-0.25, -0.2) is 0 Å². The van der Waals surface area contributed by atoms with Crippen LogP contribution in [0.5, 0.6) is 0 Å². The molecule has 0 aliphatic rings. The molecule has 1 amide bonds. The summed E-state index contributed by atoms with van der Waals surface area (Å²) in [5, 5.41) is 3.04. The van der Waals surface area contributed by atoms with E-state index in [1.165, 1.54) is 205 Å². The number of phosphoric ester groups is 1. The zero-order chi connectivity index (χ0) is 56.4. The number of nitrogens with zero attached hydrogens (tertiary/aromatic N) is 1. The quantitative estimate of drug-likeness (QED) is 0.0212. The van der Waals surface area contributed by atoms with E-state index in [9.17, 15) is 19.0 Å².